The van der Waals surface area contributed by atoms with E-state index in [1.807, 2.05) is 0 Å². The van der Waals surface area contributed by atoms with Gasteiger partial charge in [-0.15, -0.1) is 23.2 Å². The Bertz CT molecular complexity index is 86.7. The predicted octanol–water partition coefficient (Wildman–Crippen LogP) is 2.52. The third kappa shape index (κ3) is 3.97. The second-order valence-electron chi connectivity index (χ2n) is 1.32. The van der Waals surface area contributed by atoms with Crippen LogP contribution in [0.25, 0.3) is 0 Å². The van der Waals surface area contributed by atoms with E-state index >= 15 is 0 Å². The first-order valence-electron chi connectivity index (χ1n) is 1.88. The van der Waals surface area contributed by atoms with E-state index < -0.39 is 14.7 Å². The standard InChI is InChI=1S/C3H3Cl5O/c4-2(5)1(9)3(6,7)8/h1-2,9H. The maximum absolute atomic E-state index is 8.80. The molecule has 0 fully saturated rings. The van der Waals surface area contributed by atoms with Gasteiger partial charge in [0.1, 0.15) is 10.9 Å². The zero-order valence-corrected chi connectivity index (χ0v) is 7.77. The molecule has 1 atom stereocenters. The number of rotatable bonds is 1. The lowest BCUT2D eigenvalue weighted by atomic mass is 10.5. The molecule has 0 heterocycles. The molecule has 0 aromatic heterocycles. The first kappa shape index (κ1) is 10.4. The van der Waals surface area contributed by atoms with Gasteiger partial charge in [-0.3, -0.25) is 0 Å². The van der Waals surface area contributed by atoms with Crippen LogP contribution in [0, 0.1) is 0 Å². The van der Waals surface area contributed by atoms with E-state index in [0.717, 1.165) is 0 Å². The molecule has 0 aromatic carbocycles. The van der Waals surface area contributed by atoms with Crippen molar-refractivity contribution in [3.8, 4) is 0 Å². The Hall–Kier alpha value is 1.41. The molecule has 0 radical (unpaired) electrons. The van der Waals surface area contributed by atoms with Gasteiger partial charge in [0.05, 0.1) is 0 Å². The summed E-state index contributed by atoms with van der Waals surface area (Å²) in [6, 6.07) is 0. The molecule has 1 unspecified atom stereocenters. The first-order chi connectivity index (χ1) is 3.85. The highest BCUT2D eigenvalue weighted by Gasteiger charge is 2.35. The SMILES string of the molecule is OC(C(Cl)Cl)C(Cl)(Cl)Cl. The summed E-state index contributed by atoms with van der Waals surface area (Å²) < 4.78 is -1.81. The van der Waals surface area contributed by atoms with Gasteiger partial charge in [0.15, 0.2) is 0 Å². The summed E-state index contributed by atoms with van der Waals surface area (Å²) in [5.74, 6) is 0. The van der Waals surface area contributed by atoms with Gasteiger partial charge in [-0.1, -0.05) is 34.8 Å². The number of hydrogen-bond donors (Lipinski definition) is 1. The van der Waals surface area contributed by atoms with Crippen LogP contribution in [0.2, 0.25) is 0 Å². The predicted molar refractivity (Wildman–Crippen MR) is 41.8 cm³/mol. The van der Waals surface area contributed by atoms with Gasteiger partial charge < -0.3 is 5.11 Å². The summed E-state index contributed by atoms with van der Waals surface area (Å²) >= 11 is 25.9. The molecule has 0 aromatic rings. The highest BCUT2D eigenvalue weighted by Crippen LogP contribution is 2.34. The van der Waals surface area contributed by atoms with Crippen molar-refractivity contribution in [2.45, 2.75) is 14.7 Å². The number of aliphatic hydroxyl groups excluding tert-OH is 1. The van der Waals surface area contributed by atoms with Crippen LogP contribution in [-0.4, -0.2) is 19.8 Å². The zero-order valence-electron chi connectivity index (χ0n) is 3.99. The number of hydrogen-bond acceptors (Lipinski definition) is 1. The Morgan fingerprint density at radius 1 is 1.11 bits per heavy atom. The van der Waals surface area contributed by atoms with Crippen LogP contribution >= 0.6 is 58.0 Å². The van der Waals surface area contributed by atoms with Crippen molar-refractivity contribution < 1.29 is 5.11 Å². The molecule has 56 valence electrons. The molecule has 0 saturated heterocycles. The van der Waals surface area contributed by atoms with Crippen LogP contribution in [0.15, 0.2) is 0 Å². The van der Waals surface area contributed by atoms with Crippen molar-refractivity contribution in [3.05, 3.63) is 0 Å². The van der Waals surface area contributed by atoms with Gasteiger partial charge in [-0.25, -0.2) is 0 Å². The minimum Gasteiger partial charge on any atom is -0.386 e. The monoisotopic (exact) mass is 230 g/mol. The number of aliphatic hydroxyl groups is 1. The minimum absolute atomic E-state index is 1.09. The van der Waals surface area contributed by atoms with Crippen molar-refractivity contribution in [1.82, 2.24) is 0 Å². The number of alkyl halides is 5. The smallest absolute Gasteiger partial charge is 0.218 e. The fraction of sp³-hybridized carbons (Fsp3) is 1.00. The maximum atomic E-state index is 8.80. The van der Waals surface area contributed by atoms with E-state index in [1.54, 1.807) is 0 Å². The third-order valence-corrected chi connectivity index (χ3v) is 1.72. The minimum atomic E-state index is -1.81. The molecule has 6 heteroatoms. The molecule has 0 amide bonds. The Morgan fingerprint density at radius 2 is 1.44 bits per heavy atom. The average Bonchev–Trinajstić information content (AvgIpc) is 1.62. The molecule has 9 heavy (non-hydrogen) atoms. The molecule has 0 aliphatic carbocycles. The first-order valence-corrected chi connectivity index (χ1v) is 3.89. The van der Waals surface area contributed by atoms with E-state index in [4.69, 9.17) is 63.1 Å². The molecule has 0 bridgehead atoms. The summed E-state index contributed by atoms with van der Waals surface area (Å²) in [7, 11) is 0. The molecule has 1 N–H and O–H groups in total. The lowest BCUT2D eigenvalue weighted by Gasteiger charge is -2.18. The second-order valence-corrected chi connectivity index (χ2v) is 4.85. The van der Waals surface area contributed by atoms with Crippen LogP contribution in [0.5, 0.6) is 0 Å². The Morgan fingerprint density at radius 3 is 1.44 bits per heavy atom. The van der Waals surface area contributed by atoms with Crippen molar-refractivity contribution in [1.29, 1.82) is 0 Å². The Kier molecular flexibility index (Phi) is 4.28. The van der Waals surface area contributed by atoms with Gasteiger partial charge in [0.2, 0.25) is 3.79 Å². The van der Waals surface area contributed by atoms with Crippen LogP contribution in [-0.2, 0) is 0 Å². The van der Waals surface area contributed by atoms with E-state index in [1.165, 1.54) is 0 Å². The normalized spacial score (nSPS) is 16.3. The van der Waals surface area contributed by atoms with E-state index in [9.17, 15) is 0 Å². The summed E-state index contributed by atoms with van der Waals surface area (Å²) in [6.45, 7) is 0. The van der Waals surface area contributed by atoms with Crippen LogP contribution in [0.3, 0.4) is 0 Å². The summed E-state index contributed by atoms with van der Waals surface area (Å²) in [5.41, 5.74) is 0. The van der Waals surface area contributed by atoms with Crippen molar-refractivity contribution in [2.24, 2.45) is 0 Å². The van der Waals surface area contributed by atoms with E-state index in [-0.39, 0.29) is 0 Å². The number of halogens is 5. The highest BCUT2D eigenvalue weighted by atomic mass is 35.6. The average molecular weight is 232 g/mol. The quantitative estimate of drug-likeness (QED) is 0.689. The molecule has 0 aliphatic rings. The lowest BCUT2D eigenvalue weighted by molar-refractivity contribution is 0.193. The van der Waals surface area contributed by atoms with Gasteiger partial charge in [0, 0.05) is 0 Å². The Balaban J connectivity index is 3.88. The van der Waals surface area contributed by atoms with Gasteiger partial charge >= 0.3 is 0 Å². The lowest BCUT2D eigenvalue weighted by Crippen LogP contribution is -2.31. The fourth-order valence-corrected chi connectivity index (χ4v) is 1.29. The zero-order chi connectivity index (χ0) is 7.65. The van der Waals surface area contributed by atoms with Crippen molar-refractivity contribution >= 4 is 58.0 Å². The molecule has 0 spiro atoms. The molecule has 0 aliphatic heterocycles. The maximum Gasteiger partial charge on any atom is 0.218 e. The Labute approximate surface area is 77.8 Å². The topological polar surface area (TPSA) is 20.2 Å². The molecular weight excluding hydrogens is 229 g/mol. The summed E-state index contributed by atoms with van der Waals surface area (Å²) in [4.78, 5) is -1.09. The highest BCUT2D eigenvalue weighted by molar-refractivity contribution is 6.68. The third-order valence-electron chi connectivity index (χ3n) is 0.574. The van der Waals surface area contributed by atoms with Gasteiger partial charge in [-0.05, 0) is 0 Å². The fourth-order valence-electron chi connectivity index (χ4n) is 0.143. The molecule has 0 saturated carbocycles. The molecule has 0 rings (SSSR count). The second kappa shape index (κ2) is 3.70. The molecule has 1 nitrogen and oxygen atoms in total. The van der Waals surface area contributed by atoms with E-state index in [2.05, 4.69) is 0 Å². The molecular formula is C3H3Cl5O. The largest absolute Gasteiger partial charge is 0.386 e. The van der Waals surface area contributed by atoms with Gasteiger partial charge in [0.25, 0.3) is 0 Å². The van der Waals surface area contributed by atoms with Crippen LogP contribution in [0.4, 0.5) is 0 Å². The van der Waals surface area contributed by atoms with Gasteiger partial charge in [-0.2, -0.15) is 0 Å². The van der Waals surface area contributed by atoms with E-state index in [0.29, 0.717) is 0 Å². The summed E-state index contributed by atoms with van der Waals surface area (Å²) in [6.07, 6.45) is -1.36. The van der Waals surface area contributed by atoms with Crippen molar-refractivity contribution in [2.75, 3.05) is 0 Å². The van der Waals surface area contributed by atoms with Crippen LogP contribution < -0.4 is 0 Å². The summed E-state index contributed by atoms with van der Waals surface area (Å²) in [5, 5.41) is 8.80. The van der Waals surface area contributed by atoms with Crippen LogP contribution in [0.1, 0.15) is 0 Å². The van der Waals surface area contributed by atoms with Crippen molar-refractivity contribution in [3.63, 3.8) is 0 Å².